The third-order valence-electron chi connectivity index (χ3n) is 5.29. The Morgan fingerprint density at radius 1 is 1.31 bits per heavy atom. The molecule has 2 fully saturated rings. The minimum Gasteiger partial charge on any atom is -0.441 e. The van der Waals surface area contributed by atoms with E-state index in [2.05, 4.69) is 23.9 Å². The second-order valence-electron chi connectivity index (χ2n) is 7.80. The van der Waals surface area contributed by atoms with Crippen LogP contribution in [0.2, 0.25) is 0 Å². The summed E-state index contributed by atoms with van der Waals surface area (Å²) in [6, 6.07) is 0. The van der Waals surface area contributed by atoms with E-state index in [1.54, 1.807) is 11.0 Å². The lowest BCUT2D eigenvalue weighted by molar-refractivity contribution is -0.134. The molecular formula is C18H29N5O3. The average molecular weight is 363 g/mol. The van der Waals surface area contributed by atoms with Gasteiger partial charge in [0.05, 0.1) is 6.54 Å². The third-order valence-corrected chi connectivity index (χ3v) is 5.29. The molecule has 1 spiro atoms. The molecule has 3 heterocycles. The fourth-order valence-corrected chi connectivity index (χ4v) is 3.60. The van der Waals surface area contributed by atoms with Crippen LogP contribution in [0.1, 0.15) is 46.0 Å². The second kappa shape index (κ2) is 8.05. The van der Waals surface area contributed by atoms with Crippen molar-refractivity contribution in [3.05, 3.63) is 12.7 Å². The fraction of sp³-hybridized carbons (Fsp3) is 0.778. The molecule has 2 aliphatic rings. The summed E-state index contributed by atoms with van der Waals surface area (Å²) in [5, 5.41) is 4.04. The lowest BCUT2D eigenvalue weighted by atomic mass is 9.91. The van der Waals surface area contributed by atoms with E-state index in [1.165, 1.54) is 6.33 Å². The van der Waals surface area contributed by atoms with Gasteiger partial charge in [0.1, 0.15) is 18.3 Å². The molecule has 0 saturated carbocycles. The van der Waals surface area contributed by atoms with E-state index in [9.17, 15) is 9.59 Å². The van der Waals surface area contributed by atoms with Crippen LogP contribution in [0.4, 0.5) is 4.79 Å². The van der Waals surface area contributed by atoms with Gasteiger partial charge >= 0.3 is 6.09 Å². The summed E-state index contributed by atoms with van der Waals surface area (Å²) in [7, 11) is 0. The molecule has 26 heavy (non-hydrogen) atoms. The van der Waals surface area contributed by atoms with Gasteiger partial charge in [-0.25, -0.2) is 9.78 Å². The van der Waals surface area contributed by atoms with Crippen LogP contribution >= 0.6 is 0 Å². The highest BCUT2D eigenvalue weighted by Crippen LogP contribution is 2.33. The molecule has 1 aromatic heterocycles. The number of hydrogen-bond acceptors (Lipinski definition) is 5. The van der Waals surface area contributed by atoms with Crippen molar-refractivity contribution < 1.29 is 14.3 Å². The number of aromatic nitrogens is 3. The van der Waals surface area contributed by atoms with Gasteiger partial charge in [-0.15, -0.1) is 0 Å². The van der Waals surface area contributed by atoms with Crippen LogP contribution in [0.5, 0.6) is 0 Å². The van der Waals surface area contributed by atoms with Crippen LogP contribution < -0.4 is 0 Å². The van der Waals surface area contributed by atoms with Crippen molar-refractivity contribution in [3.8, 4) is 0 Å². The van der Waals surface area contributed by atoms with Crippen molar-refractivity contribution in [2.45, 2.75) is 58.1 Å². The monoisotopic (exact) mass is 363 g/mol. The summed E-state index contributed by atoms with van der Waals surface area (Å²) in [5.41, 5.74) is -0.397. The first-order valence-corrected chi connectivity index (χ1v) is 9.55. The van der Waals surface area contributed by atoms with Crippen LogP contribution in [0.15, 0.2) is 12.7 Å². The van der Waals surface area contributed by atoms with Gasteiger partial charge in [-0.3, -0.25) is 9.48 Å². The molecule has 1 aromatic rings. The lowest BCUT2D eigenvalue weighted by Gasteiger charge is -2.37. The molecule has 0 atom stereocenters. The minimum atomic E-state index is -0.397. The Bertz CT molecular complexity index is 608. The van der Waals surface area contributed by atoms with Crippen molar-refractivity contribution in [2.24, 2.45) is 5.92 Å². The summed E-state index contributed by atoms with van der Waals surface area (Å²) >= 11 is 0. The number of likely N-dealkylation sites (tertiary alicyclic amines) is 1. The van der Waals surface area contributed by atoms with Crippen LogP contribution in [0.25, 0.3) is 0 Å². The Morgan fingerprint density at radius 2 is 2.08 bits per heavy atom. The number of rotatable bonds is 7. The van der Waals surface area contributed by atoms with Crippen molar-refractivity contribution in [2.75, 3.05) is 26.2 Å². The molecule has 0 aliphatic carbocycles. The predicted octanol–water partition coefficient (Wildman–Crippen LogP) is 1.92. The number of carbonyl (C=O) groups is 2. The highest BCUT2D eigenvalue weighted by atomic mass is 16.6. The first-order valence-electron chi connectivity index (χ1n) is 9.55. The van der Waals surface area contributed by atoms with E-state index >= 15 is 0 Å². The van der Waals surface area contributed by atoms with Crippen LogP contribution in [0, 0.1) is 5.92 Å². The standard InChI is InChI=1S/C18H29N5O3/c1-15(2)5-9-22-12-18(26-17(22)25)6-10-21(11-7-18)16(24)4-3-8-23-14-19-13-20-23/h13-15H,3-12H2,1-2H3. The number of nitrogens with zero attached hydrogens (tertiary/aromatic N) is 5. The van der Waals surface area contributed by atoms with E-state index in [4.69, 9.17) is 4.74 Å². The number of hydrogen-bond donors (Lipinski definition) is 0. The Hall–Kier alpha value is -2.12. The Balaban J connectivity index is 1.42. The molecule has 2 saturated heterocycles. The summed E-state index contributed by atoms with van der Waals surface area (Å²) in [5.74, 6) is 0.734. The van der Waals surface area contributed by atoms with Gasteiger partial charge in [-0.1, -0.05) is 13.8 Å². The summed E-state index contributed by atoms with van der Waals surface area (Å²) in [6.45, 7) is 7.75. The van der Waals surface area contributed by atoms with E-state index in [1.807, 2.05) is 9.80 Å². The quantitative estimate of drug-likeness (QED) is 0.739. The number of aryl methyl sites for hydroxylation is 1. The zero-order valence-corrected chi connectivity index (χ0v) is 15.8. The maximum absolute atomic E-state index is 12.4. The fourth-order valence-electron chi connectivity index (χ4n) is 3.60. The molecule has 3 rings (SSSR count). The first-order chi connectivity index (χ1) is 12.5. The molecule has 144 valence electrons. The maximum Gasteiger partial charge on any atom is 0.410 e. The van der Waals surface area contributed by atoms with E-state index in [-0.39, 0.29) is 12.0 Å². The number of ether oxygens (including phenoxy) is 1. The molecule has 0 radical (unpaired) electrons. The Kier molecular flexibility index (Phi) is 5.78. The van der Waals surface area contributed by atoms with Crippen LogP contribution in [0.3, 0.4) is 0 Å². The molecule has 0 aromatic carbocycles. The van der Waals surface area contributed by atoms with Crippen molar-refractivity contribution in [1.29, 1.82) is 0 Å². The first kappa shape index (κ1) is 18.7. The molecule has 0 unspecified atom stereocenters. The number of amides is 2. The summed E-state index contributed by atoms with van der Waals surface area (Å²) < 4.78 is 7.46. The minimum absolute atomic E-state index is 0.168. The molecule has 0 N–H and O–H groups in total. The number of piperidine rings is 1. The molecular weight excluding hydrogens is 334 g/mol. The van der Waals surface area contributed by atoms with Gasteiger partial charge in [-0.05, 0) is 18.8 Å². The summed E-state index contributed by atoms with van der Waals surface area (Å²) in [6.07, 6.45) is 6.67. The van der Waals surface area contributed by atoms with E-state index in [0.717, 1.165) is 32.2 Å². The van der Waals surface area contributed by atoms with Crippen molar-refractivity contribution >= 4 is 12.0 Å². The lowest BCUT2D eigenvalue weighted by Crippen LogP contribution is -2.48. The molecule has 8 heteroatoms. The topological polar surface area (TPSA) is 80.6 Å². The van der Waals surface area contributed by atoms with Gasteiger partial charge in [0.15, 0.2) is 0 Å². The van der Waals surface area contributed by atoms with Crippen LogP contribution in [-0.4, -0.2) is 68.3 Å². The van der Waals surface area contributed by atoms with Crippen molar-refractivity contribution in [3.63, 3.8) is 0 Å². The zero-order chi connectivity index (χ0) is 18.6. The van der Waals surface area contributed by atoms with E-state index < -0.39 is 5.60 Å². The third kappa shape index (κ3) is 4.53. The normalized spacial score (nSPS) is 19.4. The SMILES string of the molecule is CC(C)CCN1CC2(CCN(C(=O)CCCn3cncn3)CC2)OC1=O. The van der Waals surface area contributed by atoms with Gasteiger partial charge in [-0.2, -0.15) is 5.10 Å². The molecule has 2 amide bonds. The molecule has 2 aliphatic heterocycles. The second-order valence-corrected chi connectivity index (χ2v) is 7.80. The average Bonchev–Trinajstić information content (AvgIpc) is 3.22. The van der Waals surface area contributed by atoms with Gasteiger partial charge in [0.25, 0.3) is 0 Å². The van der Waals surface area contributed by atoms with Crippen molar-refractivity contribution in [1.82, 2.24) is 24.6 Å². The molecule has 0 bridgehead atoms. The van der Waals surface area contributed by atoms with E-state index in [0.29, 0.717) is 38.5 Å². The maximum atomic E-state index is 12.4. The predicted molar refractivity (Wildman–Crippen MR) is 95.3 cm³/mol. The van der Waals surface area contributed by atoms with Gasteiger partial charge in [0, 0.05) is 45.4 Å². The van der Waals surface area contributed by atoms with Gasteiger partial charge < -0.3 is 14.5 Å². The zero-order valence-electron chi connectivity index (χ0n) is 15.8. The number of carbonyl (C=O) groups excluding carboxylic acids is 2. The summed E-state index contributed by atoms with van der Waals surface area (Å²) in [4.78, 5) is 32.2. The smallest absolute Gasteiger partial charge is 0.410 e. The van der Waals surface area contributed by atoms with Crippen LogP contribution in [-0.2, 0) is 16.1 Å². The largest absolute Gasteiger partial charge is 0.441 e. The molecule has 8 nitrogen and oxygen atoms in total. The highest BCUT2D eigenvalue weighted by molar-refractivity contribution is 5.76. The van der Waals surface area contributed by atoms with Gasteiger partial charge in [0.2, 0.25) is 5.91 Å². The Morgan fingerprint density at radius 3 is 2.73 bits per heavy atom. The Labute approximate surface area is 154 Å². The highest BCUT2D eigenvalue weighted by Gasteiger charge is 2.47.